The van der Waals surface area contributed by atoms with Crippen molar-refractivity contribution in [2.45, 2.75) is 19.6 Å². The molecule has 1 atom stereocenters. The van der Waals surface area contributed by atoms with E-state index in [0.717, 1.165) is 5.56 Å². The van der Waals surface area contributed by atoms with Crippen LogP contribution in [0.4, 0.5) is 0 Å². The molecule has 2 aromatic carbocycles. The van der Waals surface area contributed by atoms with Crippen molar-refractivity contribution in [2.75, 3.05) is 13.4 Å². The first-order chi connectivity index (χ1) is 13.5. The summed E-state index contributed by atoms with van der Waals surface area (Å²) in [6.45, 7) is 1.56. The molecule has 0 saturated heterocycles. The number of ether oxygens (including phenoxy) is 4. The van der Waals surface area contributed by atoms with Crippen molar-refractivity contribution in [2.24, 2.45) is 0 Å². The van der Waals surface area contributed by atoms with Gasteiger partial charge in [-0.25, -0.2) is 4.79 Å². The first-order valence-electron chi connectivity index (χ1n) is 8.54. The maximum atomic E-state index is 12.0. The van der Waals surface area contributed by atoms with E-state index in [-0.39, 0.29) is 13.3 Å². The molecule has 0 aliphatic carbocycles. The highest BCUT2D eigenvalue weighted by Crippen LogP contribution is 2.32. The number of amides is 1. The van der Waals surface area contributed by atoms with Gasteiger partial charge in [0.05, 0.1) is 11.6 Å². The molecule has 144 valence electrons. The highest BCUT2D eigenvalue weighted by molar-refractivity contribution is 5.82. The smallest absolute Gasteiger partial charge is 0.347 e. The second-order valence-electron chi connectivity index (χ2n) is 5.97. The number of fused-ring (bicyclic) bond motifs is 1. The quantitative estimate of drug-likeness (QED) is 0.729. The molecule has 1 amide bonds. The third-order valence-electron chi connectivity index (χ3n) is 3.90. The fourth-order valence-electron chi connectivity index (χ4n) is 2.42. The predicted molar refractivity (Wildman–Crippen MR) is 96.6 cm³/mol. The highest BCUT2D eigenvalue weighted by atomic mass is 16.7. The van der Waals surface area contributed by atoms with Crippen LogP contribution >= 0.6 is 0 Å². The molecular weight excluding hydrogens is 364 g/mol. The lowest BCUT2D eigenvalue weighted by Gasteiger charge is -2.14. The maximum absolute atomic E-state index is 12.0. The zero-order chi connectivity index (χ0) is 19.9. The summed E-state index contributed by atoms with van der Waals surface area (Å²) in [5.74, 6) is 0.627. The Morgan fingerprint density at radius 2 is 1.93 bits per heavy atom. The van der Waals surface area contributed by atoms with Crippen molar-refractivity contribution in [3.63, 3.8) is 0 Å². The van der Waals surface area contributed by atoms with E-state index < -0.39 is 24.6 Å². The van der Waals surface area contributed by atoms with Crippen LogP contribution in [-0.2, 0) is 20.9 Å². The molecule has 28 heavy (non-hydrogen) atoms. The molecule has 0 aromatic heterocycles. The summed E-state index contributed by atoms with van der Waals surface area (Å²) in [4.78, 5) is 23.9. The number of hydrogen-bond acceptors (Lipinski definition) is 7. The second kappa shape index (κ2) is 8.77. The highest BCUT2D eigenvalue weighted by Gasteiger charge is 2.18. The van der Waals surface area contributed by atoms with Gasteiger partial charge in [-0.2, -0.15) is 5.26 Å². The van der Waals surface area contributed by atoms with Crippen molar-refractivity contribution in [3.8, 4) is 23.3 Å². The molecule has 0 spiro atoms. The van der Waals surface area contributed by atoms with Crippen LogP contribution in [0.5, 0.6) is 17.2 Å². The fraction of sp³-hybridized carbons (Fsp3) is 0.250. The van der Waals surface area contributed by atoms with E-state index in [1.165, 1.54) is 6.92 Å². The molecule has 1 N–H and O–H groups in total. The van der Waals surface area contributed by atoms with E-state index in [0.29, 0.717) is 22.8 Å². The molecule has 1 heterocycles. The summed E-state index contributed by atoms with van der Waals surface area (Å²) in [7, 11) is 0. The van der Waals surface area contributed by atoms with Crippen LogP contribution in [0.15, 0.2) is 42.5 Å². The number of rotatable bonds is 7. The lowest BCUT2D eigenvalue weighted by atomic mass is 10.2. The van der Waals surface area contributed by atoms with E-state index in [1.54, 1.807) is 36.4 Å². The van der Waals surface area contributed by atoms with Crippen LogP contribution < -0.4 is 19.5 Å². The topological polar surface area (TPSA) is 107 Å². The first kappa shape index (κ1) is 19.0. The second-order valence-corrected chi connectivity index (χ2v) is 5.97. The molecule has 1 aliphatic heterocycles. The SMILES string of the molecule is C[C@@H](Oc1ccc(C#N)cc1)C(=O)OCC(=O)NCc1ccc2c(c1)OCO2. The van der Waals surface area contributed by atoms with Crippen molar-refractivity contribution in [3.05, 3.63) is 53.6 Å². The van der Waals surface area contributed by atoms with E-state index >= 15 is 0 Å². The maximum Gasteiger partial charge on any atom is 0.347 e. The summed E-state index contributed by atoms with van der Waals surface area (Å²) in [6.07, 6.45) is -0.894. The van der Waals surface area contributed by atoms with Gasteiger partial charge in [-0.15, -0.1) is 0 Å². The summed E-state index contributed by atoms with van der Waals surface area (Å²) in [5, 5.41) is 11.4. The van der Waals surface area contributed by atoms with Gasteiger partial charge in [0.1, 0.15) is 5.75 Å². The van der Waals surface area contributed by atoms with Crippen molar-refractivity contribution >= 4 is 11.9 Å². The number of nitrogens with one attached hydrogen (secondary N) is 1. The van der Waals surface area contributed by atoms with Gasteiger partial charge in [0, 0.05) is 6.54 Å². The third kappa shape index (κ3) is 4.92. The average molecular weight is 382 g/mol. The molecule has 0 fully saturated rings. The van der Waals surface area contributed by atoms with E-state index in [2.05, 4.69) is 5.32 Å². The zero-order valence-electron chi connectivity index (χ0n) is 15.1. The van der Waals surface area contributed by atoms with Crippen LogP contribution in [0.3, 0.4) is 0 Å². The number of esters is 1. The van der Waals surface area contributed by atoms with E-state index in [9.17, 15) is 9.59 Å². The number of nitrogens with zero attached hydrogens (tertiary/aromatic N) is 1. The number of hydrogen-bond donors (Lipinski definition) is 1. The minimum absolute atomic E-state index is 0.184. The molecule has 1 aliphatic rings. The molecule has 0 saturated carbocycles. The molecule has 0 unspecified atom stereocenters. The Hall–Kier alpha value is -3.73. The van der Waals surface area contributed by atoms with Gasteiger partial charge < -0.3 is 24.3 Å². The van der Waals surface area contributed by atoms with Crippen molar-refractivity contribution < 1.29 is 28.5 Å². The summed E-state index contributed by atoms with van der Waals surface area (Å²) in [6, 6.07) is 13.7. The molecule has 0 bridgehead atoms. The Bertz CT molecular complexity index is 904. The van der Waals surface area contributed by atoms with Gasteiger partial charge in [-0.05, 0) is 48.9 Å². The summed E-state index contributed by atoms with van der Waals surface area (Å²) < 4.78 is 20.9. The number of benzene rings is 2. The predicted octanol–water partition coefficient (Wildman–Crippen LogP) is 1.91. The Balaban J connectivity index is 1.40. The monoisotopic (exact) mass is 382 g/mol. The van der Waals surface area contributed by atoms with E-state index in [4.69, 9.17) is 24.2 Å². The Morgan fingerprint density at radius 1 is 1.18 bits per heavy atom. The van der Waals surface area contributed by atoms with Crippen LogP contribution in [0, 0.1) is 11.3 Å². The van der Waals surface area contributed by atoms with Gasteiger partial charge in [-0.1, -0.05) is 6.07 Å². The summed E-state index contributed by atoms with van der Waals surface area (Å²) in [5.41, 5.74) is 1.32. The van der Waals surface area contributed by atoms with Gasteiger partial charge in [0.2, 0.25) is 6.79 Å². The summed E-state index contributed by atoms with van der Waals surface area (Å²) >= 11 is 0. The van der Waals surface area contributed by atoms with Crippen LogP contribution in [0.25, 0.3) is 0 Å². The largest absolute Gasteiger partial charge is 0.479 e. The molecule has 8 heteroatoms. The number of nitriles is 1. The van der Waals surface area contributed by atoms with E-state index in [1.807, 2.05) is 12.1 Å². The normalized spacial score (nSPS) is 12.6. The Morgan fingerprint density at radius 3 is 2.68 bits per heavy atom. The molecular formula is C20H18N2O6. The van der Waals surface area contributed by atoms with Gasteiger partial charge in [0.15, 0.2) is 24.2 Å². The number of carbonyl (C=O) groups is 2. The molecule has 2 aromatic rings. The van der Waals surface area contributed by atoms with Crippen molar-refractivity contribution in [1.29, 1.82) is 5.26 Å². The minimum Gasteiger partial charge on any atom is -0.479 e. The van der Waals surface area contributed by atoms with Crippen molar-refractivity contribution in [1.82, 2.24) is 5.32 Å². The first-order valence-corrected chi connectivity index (χ1v) is 8.54. The Labute approximate surface area is 161 Å². The van der Waals surface area contributed by atoms with Gasteiger partial charge >= 0.3 is 5.97 Å². The molecule has 8 nitrogen and oxygen atoms in total. The fourth-order valence-corrected chi connectivity index (χ4v) is 2.42. The van der Waals surface area contributed by atoms with Crippen LogP contribution in [0.2, 0.25) is 0 Å². The molecule has 0 radical (unpaired) electrons. The van der Waals surface area contributed by atoms with Crippen LogP contribution in [-0.4, -0.2) is 31.4 Å². The van der Waals surface area contributed by atoms with Gasteiger partial charge in [0.25, 0.3) is 5.91 Å². The van der Waals surface area contributed by atoms with Crippen LogP contribution in [0.1, 0.15) is 18.1 Å². The number of carbonyl (C=O) groups excluding carboxylic acids is 2. The molecule has 3 rings (SSSR count). The Kier molecular flexibility index (Phi) is 5.97. The average Bonchev–Trinajstić information content (AvgIpc) is 3.18. The minimum atomic E-state index is -0.894. The third-order valence-corrected chi connectivity index (χ3v) is 3.90. The zero-order valence-corrected chi connectivity index (χ0v) is 15.1. The lowest BCUT2D eigenvalue weighted by molar-refractivity contribution is -0.154. The lowest BCUT2D eigenvalue weighted by Crippen LogP contribution is -2.32. The standard InChI is InChI=1S/C20H18N2O6/c1-13(28-16-5-2-14(9-21)3-6-16)20(24)25-11-19(23)22-10-15-4-7-17-18(8-15)27-12-26-17/h2-8,13H,10-12H2,1H3,(H,22,23)/t13-/m1/s1. The van der Waals surface area contributed by atoms with Gasteiger partial charge in [-0.3, -0.25) is 4.79 Å².